The van der Waals surface area contributed by atoms with Crippen LogP contribution in [0.2, 0.25) is 0 Å². The molecule has 0 bridgehead atoms. The van der Waals surface area contributed by atoms with Crippen LogP contribution in [-0.2, 0) is 4.74 Å². The van der Waals surface area contributed by atoms with Gasteiger partial charge in [0.15, 0.2) is 0 Å². The Kier molecular flexibility index (Phi) is 4.33. The van der Waals surface area contributed by atoms with E-state index in [0.29, 0.717) is 11.7 Å². The topological polar surface area (TPSA) is 42.4 Å². The number of carbonyl (C=O) groups excluding carboxylic acids is 1. The molecule has 4 nitrogen and oxygen atoms in total. The van der Waals surface area contributed by atoms with Crippen LogP contribution < -0.4 is 4.90 Å². The van der Waals surface area contributed by atoms with E-state index in [2.05, 4.69) is 18.8 Å². The molecule has 100 valence electrons. The quantitative estimate of drug-likeness (QED) is 0.805. The van der Waals surface area contributed by atoms with E-state index in [1.54, 1.807) is 13.2 Å². The van der Waals surface area contributed by atoms with E-state index in [1.807, 2.05) is 32.9 Å². The molecular formula is C14H22N2O2. The van der Waals surface area contributed by atoms with Crippen molar-refractivity contribution in [3.8, 4) is 0 Å². The summed E-state index contributed by atoms with van der Waals surface area (Å²) in [4.78, 5) is 17.5. The maximum Gasteiger partial charge on any atom is 0.415 e. The molecule has 1 aromatic rings. The monoisotopic (exact) mass is 250 g/mol. The number of hydrogen-bond donors (Lipinski definition) is 0. The second kappa shape index (κ2) is 5.38. The van der Waals surface area contributed by atoms with E-state index in [9.17, 15) is 4.79 Å². The average molecular weight is 250 g/mol. The highest BCUT2D eigenvalue weighted by Crippen LogP contribution is 2.20. The van der Waals surface area contributed by atoms with Gasteiger partial charge in [-0.25, -0.2) is 9.78 Å². The molecule has 0 unspecified atom stereocenters. The number of aromatic nitrogens is 1. The van der Waals surface area contributed by atoms with Crippen LogP contribution in [0.15, 0.2) is 18.3 Å². The highest BCUT2D eigenvalue weighted by molar-refractivity contribution is 5.86. The van der Waals surface area contributed by atoms with Gasteiger partial charge in [-0.3, -0.25) is 4.90 Å². The first kappa shape index (κ1) is 14.5. The van der Waals surface area contributed by atoms with Gasteiger partial charge in [-0.1, -0.05) is 13.8 Å². The lowest BCUT2D eigenvalue weighted by Gasteiger charge is -2.24. The Bertz CT molecular complexity index is 422. The molecule has 0 spiro atoms. The maximum absolute atomic E-state index is 11.9. The maximum atomic E-state index is 11.9. The van der Waals surface area contributed by atoms with Gasteiger partial charge in [0.1, 0.15) is 11.4 Å². The second-order valence-electron chi connectivity index (χ2n) is 5.64. The lowest BCUT2D eigenvalue weighted by Crippen LogP contribution is -2.34. The highest BCUT2D eigenvalue weighted by atomic mass is 16.6. The molecule has 0 aliphatic carbocycles. The first-order valence-corrected chi connectivity index (χ1v) is 6.13. The first-order chi connectivity index (χ1) is 8.20. The van der Waals surface area contributed by atoms with Crippen LogP contribution in [0.5, 0.6) is 0 Å². The van der Waals surface area contributed by atoms with Gasteiger partial charge >= 0.3 is 6.09 Å². The van der Waals surface area contributed by atoms with Crippen molar-refractivity contribution in [1.82, 2.24) is 4.98 Å². The molecule has 0 aliphatic heterocycles. The molecule has 0 saturated carbocycles. The Balaban J connectivity index is 2.87. The normalized spacial score (nSPS) is 11.5. The van der Waals surface area contributed by atoms with E-state index in [1.165, 1.54) is 4.90 Å². The number of pyridine rings is 1. The van der Waals surface area contributed by atoms with Crippen LogP contribution in [0.25, 0.3) is 0 Å². The number of anilines is 1. The van der Waals surface area contributed by atoms with Crippen molar-refractivity contribution < 1.29 is 9.53 Å². The summed E-state index contributed by atoms with van der Waals surface area (Å²) < 4.78 is 5.30. The number of hydrogen-bond acceptors (Lipinski definition) is 3. The smallest absolute Gasteiger partial charge is 0.415 e. The van der Waals surface area contributed by atoms with Gasteiger partial charge in [-0.2, -0.15) is 0 Å². The third-order valence-corrected chi connectivity index (χ3v) is 2.45. The second-order valence-corrected chi connectivity index (χ2v) is 5.64. The molecule has 1 rings (SSSR count). The van der Waals surface area contributed by atoms with Crippen molar-refractivity contribution in [3.63, 3.8) is 0 Å². The molecule has 4 heteroatoms. The Hall–Kier alpha value is -1.58. The number of amides is 1. The lowest BCUT2D eigenvalue weighted by atomic mass is 10.1. The van der Waals surface area contributed by atoms with Crippen LogP contribution in [0.4, 0.5) is 10.6 Å². The molecule has 0 radical (unpaired) electrons. The minimum absolute atomic E-state index is 0.393. The number of ether oxygens (including phenoxy) is 1. The first-order valence-electron chi connectivity index (χ1n) is 6.13. The van der Waals surface area contributed by atoms with Gasteiger partial charge in [-0.05, 0) is 44.4 Å². The SMILES string of the molecule is CC(C)c1ccnc(N(C)C(=O)OC(C)(C)C)c1. The van der Waals surface area contributed by atoms with E-state index < -0.39 is 11.7 Å². The van der Waals surface area contributed by atoms with Gasteiger partial charge in [0.05, 0.1) is 0 Å². The Morgan fingerprint density at radius 3 is 2.50 bits per heavy atom. The third-order valence-electron chi connectivity index (χ3n) is 2.45. The molecule has 18 heavy (non-hydrogen) atoms. The molecule has 0 saturated heterocycles. The molecule has 1 amide bonds. The van der Waals surface area contributed by atoms with Crippen molar-refractivity contribution in [2.75, 3.05) is 11.9 Å². The molecule has 0 aromatic carbocycles. The van der Waals surface area contributed by atoms with Crippen LogP contribution in [0.3, 0.4) is 0 Å². The summed E-state index contributed by atoms with van der Waals surface area (Å²) in [7, 11) is 1.67. The predicted octanol–water partition coefficient (Wildman–Crippen LogP) is 3.58. The minimum Gasteiger partial charge on any atom is -0.443 e. The van der Waals surface area contributed by atoms with Crippen molar-refractivity contribution in [1.29, 1.82) is 0 Å². The molecule has 0 N–H and O–H groups in total. The highest BCUT2D eigenvalue weighted by Gasteiger charge is 2.21. The van der Waals surface area contributed by atoms with Gasteiger partial charge in [0, 0.05) is 13.2 Å². The summed E-state index contributed by atoms with van der Waals surface area (Å²) in [6.45, 7) is 9.74. The summed E-state index contributed by atoms with van der Waals surface area (Å²) in [5.41, 5.74) is 0.650. The fraction of sp³-hybridized carbons (Fsp3) is 0.571. The van der Waals surface area contributed by atoms with Crippen LogP contribution in [0, 0.1) is 0 Å². The van der Waals surface area contributed by atoms with E-state index in [-0.39, 0.29) is 0 Å². The molecule has 1 aromatic heterocycles. The van der Waals surface area contributed by atoms with Crippen LogP contribution in [-0.4, -0.2) is 23.7 Å². The lowest BCUT2D eigenvalue weighted by molar-refractivity contribution is 0.0588. The zero-order valence-corrected chi connectivity index (χ0v) is 12.0. The Morgan fingerprint density at radius 2 is 2.00 bits per heavy atom. The summed E-state index contributed by atoms with van der Waals surface area (Å²) >= 11 is 0. The van der Waals surface area contributed by atoms with Crippen molar-refractivity contribution >= 4 is 11.9 Å². The fourth-order valence-corrected chi connectivity index (χ4v) is 1.40. The summed E-state index contributed by atoms with van der Waals surface area (Å²) in [5.74, 6) is 1.01. The van der Waals surface area contributed by atoms with Gasteiger partial charge in [-0.15, -0.1) is 0 Å². The van der Waals surface area contributed by atoms with Crippen LogP contribution in [0.1, 0.15) is 46.1 Å². The number of carbonyl (C=O) groups is 1. The summed E-state index contributed by atoms with van der Waals surface area (Å²) in [6.07, 6.45) is 1.32. The Morgan fingerprint density at radius 1 is 1.39 bits per heavy atom. The van der Waals surface area contributed by atoms with Gasteiger partial charge in [0.25, 0.3) is 0 Å². The van der Waals surface area contributed by atoms with E-state index in [0.717, 1.165) is 5.56 Å². The minimum atomic E-state index is -0.499. The van der Waals surface area contributed by atoms with Crippen molar-refractivity contribution in [3.05, 3.63) is 23.9 Å². The predicted molar refractivity (Wildman–Crippen MR) is 73.0 cm³/mol. The molecule has 0 aliphatic rings. The summed E-state index contributed by atoms with van der Waals surface area (Å²) in [6, 6.07) is 3.87. The zero-order chi connectivity index (χ0) is 13.9. The van der Waals surface area contributed by atoms with Gasteiger partial charge < -0.3 is 4.74 Å². The Labute approximate surface area is 109 Å². The van der Waals surface area contributed by atoms with Gasteiger partial charge in [0.2, 0.25) is 0 Å². The summed E-state index contributed by atoms with van der Waals surface area (Å²) in [5, 5.41) is 0. The molecular weight excluding hydrogens is 228 g/mol. The average Bonchev–Trinajstić information content (AvgIpc) is 2.26. The molecule has 0 fully saturated rings. The van der Waals surface area contributed by atoms with E-state index >= 15 is 0 Å². The van der Waals surface area contributed by atoms with Crippen LogP contribution >= 0.6 is 0 Å². The third kappa shape index (κ3) is 4.02. The number of rotatable bonds is 2. The van der Waals surface area contributed by atoms with Crippen molar-refractivity contribution in [2.24, 2.45) is 0 Å². The van der Waals surface area contributed by atoms with Crippen molar-refractivity contribution in [2.45, 2.75) is 46.1 Å². The largest absolute Gasteiger partial charge is 0.443 e. The number of nitrogens with zero attached hydrogens (tertiary/aromatic N) is 2. The standard InChI is InChI=1S/C14H22N2O2/c1-10(2)11-7-8-15-12(9-11)16(6)13(17)18-14(3,4)5/h7-10H,1-6H3. The fourth-order valence-electron chi connectivity index (χ4n) is 1.40. The van der Waals surface area contributed by atoms with E-state index in [4.69, 9.17) is 4.74 Å². The zero-order valence-electron chi connectivity index (χ0n) is 12.0. The molecule has 1 heterocycles. The molecule has 0 atom stereocenters.